The number of anilines is 2. The van der Waals surface area contributed by atoms with Crippen LogP contribution in [0.1, 0.15) is 16.8 Å². The Labute approximate surface area is 231 Å². The van der Waals surface area contributed by atoms with Crippen LogP contribution in [0, 0.1) is 0 Å². The van der Waals surface area contributed by atoms with Gasteiger partial charge in [0.25, 0.3) is 6.01 Å². The summed E-state index contributed by atoms with van der Waals surface area (Å²) < 4.78 is 22.7. The van der Waals surface area contributed by atoms with Gasteiger partial charge >= 0.3 is 0 Å². The van der Waals surface area contributed by atoms with E-state index in [1.165, 1.54) is 11.3 Å². The number of hydrogen-bond acceptors (Lipinski definition) is 9. The van der Waals surface area contributed by atoms with E-state index in [-0.39, 0.29) is 0 Å². The minimum Gasteiger partial charge on any atom is -0.497 e. The Hall–Kier alpha value is -3.11. The molecule has 0 aliphatic carbocycles. The highest BCUT2D eigenvalue weighted by Gasteiger charge is 2.18. The van der Waals surface area contributed by atoms with Crippen molar-refractivity contribution in [3.63, 3.8) is 0 Å². The van der Waals surface area contributed by atoms with Crippen molar-refractivity contribution in [3.8, 4) is 5.75 Å². The zero-order valence-electron chi connectivity index (χ0n) is 23.3. The summed E-state index contributed by atoms with van der Waals surface area (Å²) in [6, 6.07) is 17.6. The lowest BCUT2D eigenvalue weighted by Crippen LogP contribution is -2.44. The van der Waals surface area contributed by atoms with Gasteiger partial charge in [0.1, 0.15) is 17.7 Å². The summed E-state index contributed by atoms with van der Waals surface area (Å²) in [4.78, 5) is 14.1. The highest BCUT2D eigenvalue weighted by atomic mass is 16.5. The molecule has 0 N–H and O–H groups in total. The van der Waals surface area contributed by atoms with E-state index in [2.05, 4.69) is 63.0 Å². The lowest BCUT2D eigenvalue weighted by molar-refractivity contribution is 0.0177. The quantitative estimate of drug-likeness (QED) is 0.324. The highest BCUT2D eigenvalue weighted by molar-refractivity contribution is 5.48. The van der Waals surface area contributed by atoms with Gasteiger partial charge in [0.15, 0.2) is 0 Å². The number of oxazole rings is 1. The molecule has 0 bridgehead atoms. The number of ether oxygens (including phenoxy) is 3. The molecule has 2 aliphatic rings. The monoisotopic (exact) mass is 535 g/mol. The zero-order chi connectivity index (χ0) is 26.9. The third-order valence-electron chi connectivity index (χ3n) is 7.40. The summed E-state index contributed by atoms with van der Waals surface area (Å²) in [6.07, 6.45) is 1.71. The Kier molecular flexibility index (Phi) is 9.71. The average Bonchev–Trinajstić information content (AvgIpc) is 3.45. The lowest BCUT2D eigenvalue weighted by Gasteiger charge is -2.34. The number of hydrogen-bond donors (Lipinski definition) is 0. The predicted molar refractivity (Wildman–Crippen MR) is 152 cm³/mol. The van der Waals surface area contributed by atoms with Crippen LogP contribution in [0.2, 0.25) is 0 Å². The first kappa shape index (κ1) is 27.5. The fourth-order valence-electron chi connectivity index (χ4n) is 4.98. The van der Waals surface area contributed by atoms with Gasteiger partial charge in [0, 0.05) is 64.6 Å². The van der Waals surface area contributed by atoms with E-state index in [1.54, 1.807) is 13.4 Å². The van der Waals surface area contributed by atoms with Crippen LogP contribution in [0.15, 0.2) is 59.2 Å². The van der Waals surface area contributed by atoms with Gasteiger partial charge in [-0.2, -0.15) is 4.98 Å². The van der Waals surface area contributed by atoms with E-state index in [4.69, 9.17) is 23.6 Å². The van der Waals surface area contributed by atoms with Gasteiger partial charge in [-0.25, -0.2) is 0 Å². The smallest absolute Gasteiger partial charge is 0.298 e. The summed E-state index contributed by atoms with van der Waals surface area (Å²) in [6.45, 7) is 11.2. The van der Waals surface area contributed by atoms with Crippen molar-refractivity contribution in [1.29, 1.82) is 0 Å². The Morgan fingerprint density at radius 2 is 1.69 bits per heavy atom. The number of methoxy groups -OCH3 is 1. The molecule has 39 heavy (non-hydrogen) atoms. The molecule has 0 unspecified atom stereocenters. The number of likely N-dealkylation sites (N-methyl/N-ethyl adjacent to an activating group) is 1. The van der Waals surface area contributed by atoms with E-state index in [9.17, 15) is 0 Å². The van der Waals surface area contributed by atoms with Gasteiger partial charge in [-0.3, -0.25) is 4.90 Å². The Bertz CT molecular complexity index is 1140. The van der Waals surface area contributed by atoms with Gasteiger partial charge in [0.05, 0.1) is 33.5 Å². The molecule has 0 saturated carbocycles. The van der Waals surface area contributed by atoms with Crippen LogP contribution < -0.4 is 14.5 Å². The SMILES string of the molecule is COc1cccc(CN(Cc2ccc(N3CCN(C)CC3)cc2)c2nc(COCCN3CCOCC3)co2)c1. The van der Waals surface area contributed by atoms with Crippen LogP contribution >= 0.6 is 0 Å². The topological polar surface area (TPSA) is 66.7 Å². The fourth-order valence-corrected chi connectivity index (χ4v) is 4.98. The maximum absolute atomic E-state index is 5.97. The molecule has 210 valence electrons. The largest absolute Gasteiger partial charge is 0.497 e. The molecule has 3 heterocycles. The Balaban J connectivity index is 1.23. The van der Waals surface area contributed by atoms with Gasteiger partial charge in [-0.15, -0.1) is 0 Å². The fraction of sp³-hybridized carbons (Fsp3) is 0.500. The molecule has 9 heteroatoms. The number of benzene rings is 2. The highest BCUT2D eigenvalue weighted by Crippen LogP contribution is 2.24. The third-order valence-corrected chi connectivity index (χ3v) is 7.40. The number of morpholine rings is 1. The van der Waals surface area contributed by atoms with Crippen LogP contribution in [0.25, 0.3) is 0 Å². The van der Waals surface area contributed by atoms with Crippen molar-refractivity contribution in [2.45, 2.75) is 19.7 Å². The number of rotatable bonds is 12. The van der Waals surface area contributed by atoms with Gasteiger partial charge in [-0.05, 0) is 42.4 Å². The van der Waals surface area contributed by atoms with Crippen molar-refractivity contribution in [1.82, 2.24) is 14.8 Å². The molecule has 0 amide bonds. The number of aromatic nitrogens is 1. The molecular weight excluding hydrogens is 494 g/mol. The van der Waals surface area contributed by atoms with Crippen LogP contribution in [0.5, 0.6) is 5.75 Å². The average molecular weight is 536 g/mol. The van der Waals surface area contributed by atoms with Crippen molar-refractivity contribution in [2.75, 3.05) is 89.6 Å². The maximum atomic E-state index is 5.97. The summed E-state index contributed by atoms with van der Waals surface area (Å²) in [5.41, 5.74) is 4.41. The minimum absolute atomic E-state index is 0.431. The van der Waals surface area contributed by atoms with Crippen molar-refractivity contribution in [2.24, 2.45) is 0 Å². The van der Waals surface area contributed by atoms with Gasteiger partial charge < -0.3 is 33.3 Å². The molecule has 2 aliphatic heterocycles. The lowest BCUT2D eigenvalue weighted by atomic mass is 10.1. The molecule has 1 aromatic heterocycles. The first-order chi connectivity index (χ1) is 19.2. The first-order valence-corrected chi connectivity index (χ1v) is 13.9. The molecule has 5 rings (SSSR count). The van der Waals surface area contributed by atoms with Crippen LogP contribution in [0.3, 0.4) is 0 Å². The summed E-state index contributed by atoms with van der Waals surface area (Å²) >= 11 is 0. The summed E-state index contributed by atoms with van der Waals surface area (Å²) in [5.74, 6) is 0.839. The van der Waals surface area contributed by atoms with Crippen LogP contribution in [-0.4, -0.2) is 94.6 Å². The van der Waals surface area contributed by atoms with Crippen molar-refractivity contribution < 1.29 is 18.6 Å². The first-order valence-electron chi connectivity index (χ1n) is 13.9. The maximum Gasteiger partial charge on any atom is 0.298 e. The van der Waals surface area contributed by atoms with E-state index >= 15 is 0 Å². The molecule has 2 saturated heterocycles. The molecule has 2 fully saturated rings. The van der Waals surface area contributed by atoms with E-state index in [0.29, 0.717) is 32.3 Å². The number of nitrogens with zero attached hydrogens (tertiary/aromatic N) is 5. The van der Waals surface area contributed by atoms with Gasteiger partial charge in [-0.1, -0.05) is 24.3 Å². The van der Waals surface area contributed by atoms with Gasteiger partial charge in [0.2, 0.25) is 0 Å². The minimum atomic E-state index is 0.431. The second-order valence-electron chi connectivity index (χ2n) is 10.3. The summed E-state index contributed by atoms with van der Waals surface area (Å²) in [7, 11) is 3.88. The molecule has 9 nitrogen and oxygen atoms in total. The Morgan fingerprint density at radius 3 is 2.46 bits per heavy atom. The van der Waals surface area contributed by atoms with Crippen molar-refractivity contribution in [3.05, 3.63) is 71.6 Å². The molecule has 3 aromatic rings. The molecule has 2 aromatic carbocycles. The second-order valence-corrected chi connectivity index (χ2v) is 10.3. The standard InChI is InChI=1S/C30H41N5O4/c1-32-10-12-34(13-11-32)28-8-6-25(7-9-28)21-35(22-26-4-3-5-29(20-26)36-2)30-31-27(24-39-30)23-38-19-16-33-14-17-37-18-15-33/h3-9,20,24H,10-19,21-23H2,1-2H3. The van der Waals surface area contributed by atoms with E-state index in [0.717, 1.165) is 76.0 Å². The van der Waals surface area contributed by atoms with Crippen LogP contribution in [-0.2, 0) is 29.2 Å². The molecule has 0 radical (unpaired) electrons. The second kappa shape index (κ2) is 13.8. The van der Waals surface area contributed by atoms with Crippen molar-refractivity contribution >= 4 is 11.7 Å². The molecular formula is C30H41N5O4. The van der Waals surface area contributed by atoms with Crippen LogP contribution in [0.4, 0.5) is 11.7 Å². The molecule has 0 atom stereocenters. The predicted octanol–water partition coefficient (Wildman–Crippen LogP) is 3.49. The normalized spacial score (nSPS) is 16.9. The molecule has 0 spiro atoms. The third kappa shape index (κ3) is 7.95. The zero-order valence-corrected chi connectivity index (χ0v) is 23.3. The van der Waals surface area contributed by atoms with E-state index < -0.39 is 0 Å². The van der Waals surface area contributed by atoms with E-state index in [1.807, 2.05) is 12.1 Å². The Morgan fingerprint density at radius 1 is 0.923 bits per heavy atom. The summed E-state index contributed by atoms with van der Waals surface area (Å²) in [5, 5.41) is 0. The number of piperazine rings is 1.